The van der Waals surface area contributed by atoms with Crippen LogP contribution in [0.15, 0.2) is 47.4 Å². The number of benzene rings is 2. The Hall–Kier alpha value is -1.89. The average molecular weight is 390 g/mol. The fourth-order valence-corrected chi connectivity index (χ4v) is 5.02. The Bertz CT molecular complexity index is 893. The molecule has 6 heteroatoms. The van der Waals surface area contributed by atoms with E-state index in [1.54, 1.807) is 31.4 Å². The van der Waals surface area contributed by atoms with Gasteiger partial charge in [-0.05, 0) is 67.0 Å². The van der Waals surface area contributed by atoms with Crippen molar-refractivity contribution in [3.8, 4) is 5.75 Å². The smallest absolute Gasteiger partial charge is 0.240 e. The number of aliphatic hydroxyl groups is 1. The molecule has 0 amide bonds. The summed E-state index contributed by atoms with van der Waals surface area (Å²) in [6, 6.07) is 12.6. The third kappa shape index (κ3) is 4.34. The monoisotopic (exact) mass is 389 g/mol. The fourth-order valence-electron chi connectivity index (χ4n) is 3.77. The van der Waals surface area contributed by atoms with Crippen LogP contribution in [0, 0.1) is 12.8 Å². The number of hydrogen-bond donors (Lipinski definition) is 2. The number of nitrogens with one attached hydrogen (secondary N) is 1. The Morgan fingerprint density at radius 1 is 1.22 bits per heavy atom. The van der Waals surface area contributed by atoms with Gasteiger partial charge in [0.05, 0.1) is 12.0 Å². The standard InChI is InChI=1S/C21H27NO4S/c1-14-4-8-19(9-5-14)27(24,25)22-17-10-16-6-7-18(26-3)12-21(16)20(11-17)15(2)13-23/h4-9,12,15,17,20,22-23H,10-11,13H2,1-3H3/t15-,17-,20+/m1/s1. The van der Waals surface area contributed by atoms with Gasteiger partial charge in [0, 0.05) is 12.6 Å². The summed E-state index contributed by atoms with van der Waals surface area (Å²) in [6.07, 6.45) is 1.27. The molecule has 2 aromatic rings. The number of rotatable bonds is 6. The molecule has 0 saturated carbocycles. The first-order valence-electron chi connectivity index (χ1n) is 9.20. The summed E-state index contributed by atoms with van der Waals surface area (Å²) in [6.45, 7) is 3.97. The molecule has 0 heterocycles. The third-order valence-corrected chi connectivity index (χ3v) is 6.92. The van der Waals surface area contributed by atoms with E-state index in [0.29, 0.717) is 12.8 Å². The summed E-state index contributed by atoms with van der Waals surface area (Å²) in [7, 11) is -1.95. The minimum Gasteiger partial charge on any atom is -0.497 e. The molecular formula is C21H27NO4S. The van der Waals surface area contributed by atoms with Crippen LogP contribution in [0.25, 0.3) is 0 Å². The molecule has 0 aliphatic heterocycles. The van der Waals surface area contributed by atoms with Gasteiger partial charge < -0.3 is 9.84 Å². The predicted octanol–water partition coefficient (Wildman–Crippen LogP) is 3.01. The van der Waals surface area contributed by atoms with Crippen molar-refractivity contribution in [2.24, 2.45) is 5.92 Å². The van der Waals surface area contributed by atoms with E-state index in [2.05, 4.69) is 4.72 Å². The molecule has 2 N–H and O–H groups in total. The largest absolute Gasteiger partial charge is 0.497 e. The summed E-state index contributed by atoms with van der Waals surface area (Å²) < 4.78 is 33.8. The van der Waals surface area contributed by atoms with Gasteiger partial charge in [0.2, 0.25) is 10.0 Å². The fraction of sp³-hybridized carbons (Fsp3) is 0.429. The van der Waals surface area contributed by atoms with Gasteiger partial charge in [0.1, 0.15) is 5.75 Å². The summed E-state index contributed by atoms with van der Waals surface area (Å²) >= 11 is 0. The van der Waals surface area contributed by atoms with E-state index in [-0.39, 0.29) is 29.4 Å². The molecule has 3 rings (SSSR count). The Morgan fingerprint density at radius 2 is 1.93 bits per heavy atom. The lowest BCUT2D eigenvalue weighted by Crippen LogP contribution is -2.41. The number of ether oxygens (including phenoxy) is 1. The maximum atomic E-state index is 12.8. The summed E-state index contributed by atoms with van der Waals surface area (Å²) in [5.41, 5.74) is 3.26. The highest BCUT2D eigenvalue weighted by Crippen LogP contribution is 2.39. The predicted molar refractivity (Wildman–Crippen MR) is 106 cm³/mol. The van der Waals surface area contributed by atoms with Gasteiger partial charge in [-0.1, -0.05) is 30.7 Å². The second-order valence-corrected chi connectivity index (χ2v) is 9.12. The van der Waals surface area contributed by atoms with Crippen LogP contribution >= 0.6 is 0 Å². The molecule has 3 atom stereocenters. The summed E-state index contributed by atoms with van der Waals surface area (Å²) in [5, 5.41) is 9.69. The molecule has 0 bridgehead atoms. The molecule has 0 radical (unpaired) electrons. The maximum Gasteiger partial charge on any atom is 0.240 e. The van der Waals surface area contributed by atoms with Gasteiger partial charge >= 0.3 is 0 Å². The van der Waals surface area contributed by atoms with E-state index in [0.717, 1.165) is 22.4 Å². The Morgan fingerprint density at radius 3 is 2.56 bits per heavy atom. The SMILES string of the molecule is COc1ccc2c(c1)[C@H]([C@H](C)CO)C[C@H](NS(=O)(=O)c1ccc(C)cc1)C2. The molecule has 0 fully saturated rings. The number of methoxy groups -OCH3 is 1. The van der Waals surface area contributed by atoms with Gasteiger partial charge in [-0.3, -0.25) is 0 Å². The quantitative estimate of drug-likeness (QED) is 0.796. The first-order valence-corrected chi connectivity index (χ1v) is 10.7. The van der Waals surface area contributed by atoms with Crippen LogP contribution in [0.3, 0.4) is 0 Å². The van der Waals surface area contributed by atoms with Crippen molar-refractivity contribution in [3.63, 3.8) is 0 Å². The van der Waals surface area contributed by atoms with Crippen molar-refractivity contribution in [2.45, 2.75) is 43.5 Å². The molecule has 1 aliphatic carbocycles. The van der Waals surface area contributed by atoms with E-state index in [9.17, 15) is 13.5 Å². The van der Waals surface area contributed by atoms with Crippen LogP contribution in [0.5, 0.6) is 5.75 Å². The zero-order chi connectivity index (χ0) is 19.6. The number of aliphatic hydroxyl groups excluding tert-OH is 1. The topological polar surface area (TPSA) is 75.6 Å². The number of hydrogen-bond acceptors (Lipinski definition) is 4. The molecule has 1 aliphatic rings. The molecular weight excluding hydrogens is 362 g/mol. The second kappa shape index (κ2) is 8.00. The lowest BCUT2D eigenvalue weighted by atomic mass is 9.75. The molecule has 2 aromatic carbocycles. The van der Waals surface area contributed by atoms with Gasteiger partial charge in [0.25, 0.3) is 0 Å². The maximum absolute atomic E-state index is 12.8. The highest BCUT2D eigenvalue weighted by Gasteiger charge is 2.33. The van der Waals surface area contributed by atoms with Crippen LogP contribution in [0.2, 0.25) is 0 Å². The summed E-state index contributed by atoms with van der Waals surface area (Å²) in [4.78, 5) is 0.278. The van der Waals surface area contributed by atoms with Crippen molar-refractivity contribution in [3.05, 3.63) is 59.2 Å². The van der Waals surface area contributed by atoms with Crippen molar-refractivity contribution in [1.82, 2.24) is 4.72 Å². The van der Waals surface area contributed by atoms with Crippen molar-refractivity contribution >= 4 is 10.0 Å². The second-order valence-electron chi connectivity index (χ2n) is 7.40. The lowest BCUT2D eigenvalue weighted by molar-refractivity contribution is 0.203. The van der Waals surface area contributed by atoms with Crippen LogP contribution in [0.4, 0.5) is 0 Å². The first kappa shape index (κ1) is 19.9. The molecule has 27 heavy (non-hydrogen) atoms. The summed E-state index contributed by atoms with van der Waals surface area (Å²) in [5.74, 6) is 0.879. The molecule has 146 valence electrons. The molecule has 0 spiro atoms. The van der Waals surface area contributed by atoms with E-state index in [1.807, 2.05) is 32.0 Å². The van der Waals surface area contributed by atoms with Crippen molar-refractivity contribution < 1.29 is 18.3 Å². The lowest BCUT2D eigenvalue weighted by Gasteiger charge is -2.35. The minimum atomic E-state index is -3.59. The van der Waals surface area contributed by atoms with Gasteiger partial charge in [-0.15, -0.1) is 0 Å². The van der Waals surface area contributed by atoms with E-state index in [4.69, 9.17) is 4.74 Å². The number of aryl methyl sites for hydroxylation is 1. The minimum absolute atomic E-state index is 0.0301. The Balaban J connectivity index is 1.88. The van der Waals surface area contributed by atoms with E-state index < -0.39 is 10.0 Å². The van der Waals surface area contributed by atoms with Crippen LogP contribution in [-0.2, 0) is 16.4 Å². The van der Waals surface area contributed by atoms with E-state index >= 15 is 0 Å². The molecule has 0 unspecified atom stereocenters. The highest BCUT2D eigenvalue weighted by molar-refractivity contribution is 7.89. The normalized spacial score (nSPS) is 20.7. The van der Waals surface area contributed by atoms with Gasteiger partial charge in [-0.25, -0.2) is 13.1 Å². The molecule has 0 saturated heterocycles. The van der Waals surface area contributed by atoms with Gasteiger partial charge in [-0.2, -0.15) is 0 Å². The first-order chi connectivity index (χ1) is 12.8. The number of fused-ring (bicyclic) bond motifs is 1. The zero-order valence-corrected chi connectivity index (χ0v) is 16.8. The van der Waals surface area contributed by atoms with Crippen LogP contribution in [-0.4, -0.2) is 33.3 Å². The average Bonchev–Trinajstić information content (AvgIpc) is 2.66. The van der Waals surface area contributed by atoms with Crippen LogP contribution in [0.1, 0.15) is 36.0 Å². The van der Waals surface area contributed by atoms with Gasteiger partial charge in [0.15, 0.2) is 0 Å². The molecule has 0 aromatic heterocycles. The van der Waals surface area contributed by atoms with Crippen molar-refractivity contribution in [1.29, 1.82) is 0 Å². The Kier molecular flexibility index (Phi) is 5.89. The molecule has 5 nitrogen and oxygen atoms in total. The zero-order valence-electron chi connectivity index (χ0n) is 16.0. The number of sulfonamides is 1. The van der Waals surface area contributed by atoms with E-state index in [1.165, 1.54) is 0 Å². The van der Waals surface area contributed by atoms with Crippen LogP contribution < -0.4 is 9.46 Å². The van der Waals surface area contributed by atoms with Crippen molar-refractivity contribution in [2.75, 3.05) is 13.7 Å². The third-order valence-electron chi connectivity index (χ3n) is 5.39. The highest BCUT2D eigenvalue weighted by atomic mass is 32.2. The Labute approximate surface area is 161 Å².